The standard InChI is InChI=1S/C23H29N3O5S/c1-4-31-22-11-10-21(13-16(22)2)32(29,30)26-12-6-7-18(15-26)23(28)25-20-9-5-8-19(14-20)24-17(3)27/h5,8-11,13-14,18H,4,6-7,12,15H2,1-3H3,(H,24,27)(H,25,28)/t18-/m0/s1. The van der Waals surface area contributed by atoms with E-state index in [0.29, 0.717) is 43.1 Å². The molecule has 0 aromatic heterocycles. The van der Waals surface area contributed by atoms with E-state index < -0.39 is 15.9 Å². The average Bonchev–Trinajstić information content (AvgIpc) is 2.75. The van der Waals surface area contributed by atoms with Crippen molar-refractivity contribution in [3.8, 4) is 5.75 Å². The highest BCUT2D eigenvalue weighted by molar-refractivity contribution is 7.89. The third-order valence-electron chi connectivity index (χ3n) is 5.29. The molecular weight excluding hydrogens is 430 g/mol. The minimum absolute atomic E-state index is 0.117. The Morgan fingerprint density at radius 3 is 2.50 bits per heavy atom. The van der Waals surface area contributed by atoms with E-state index in [-0.39, 0.29) is 23.3 Å². The van der Waals surface area contributed by atoms with Gasteiger partial charge in [0.25, 0.3) is 0 Å². The zero-order chi connectivity index (χ0) is 23.3. The van der Waals surface area contributed by atoms with Gasteiger partial charge in [-0.2, -0.15) is 4.31 Å². The van der Waals surface area contributed by atoms with Crippen LogP contribution in [0.15, 0.2) is 47.4 Å². The first-order chi connectivity index (χ1) is 15.2. The first kappa shape index (κ1) is 23.7. The van der Waals surface area contributed by atoms with E-state index in [0.717, 1.165) is 5.56 Å². The number of nitrogens with one attached hydrogen (secondary N) is 2. The summed E-state index contributed by atoms with van der Waals surface area (Å²) in [6.45, 7) is 6.09. The summed E-state index contributed by atoms with van der Waals surface area (Å²) in [5.74, 6) is -0.255. The predicted molar refractivity (Wildman–Crippen MR) is 123 cm³/mol. The van der Waals surface area contributed by atoms with E-state index in [2.05, 4.69) is 10.6 Å². The van der Waals surface area contributed by atoms with Crippen molar-refractivity contribution in [3.05, 3.63) is 48.0 Å². The number of hydrogen-bond acceptors (Lipinski definition) is 5. The Morgan fingerprint density at radius 2 is 1.84 bits per heavy atom. The highest BCUT2D eigenvalue weighted by Gasteiger charge is 2.33. The van der Waals surface area contributed by atoms with Crippen LogP contribution in [-0.2, 0) is 19.6 Å². The number of carbonyl (C=O) groups excluding carboxylic acids is 2. The SMILES string of the molecule is CCOc1ccc(S(=O)(=O)N2CCC[C@H](C(=O)Nc3cccc(NC(C)=O)c3)C2)cc1C. The molecule has 2 aromatic rings. The van der Waals surface area contributed by atoms with Crippen molar-refractivity contribution in [1.82, 2.24) is 4.31 Å². The van der Waals surface area contributed by atoms with Crippen LogP contribution in [0.2, 0.25) is 0 Å². The number of rotatable bonds is 7. The molecule has 3 rings (SSSR count). The summed E-state index contributed by atoms with van der Waals surface area (Å²) >= 11 is 0. The molecule has 0 unspecified atom stereocenters. The maximum atomic E-state index is 13.2. The Morgan fingerprint density at radius 1 is 1.12 bits per heavy atom. The van der Waals surface area contributed by atoms with E-state index in [1.54, 1.807) is 42.5 Å². The lowest BCUT2D eigenvalue weighted by molar-refractivity contribution is -0.121. The Bertz CT molecular complexity index is 1100. The second kappa shape index (κ2) is 10.1. The third-order valence-corrected chi connectivity index (χ3v) is 7.15. The minimum Gasteiger partial charge on any atom is -0.494 e. The Hall–Kier alpha value is -2.91. The number of amides is 2. The number of benzene rings is 2. The molecule has 8 nitrogen and oxygen atoms in total. The summed E-state index contributed by atoms with van der Waals surface area (Å²) in [5, 5.41) is 5.51. The summed E-state index contributed by atoms with van der Waals surface area (Å²) in [7, 11) is -3.73. The van der Waals surface area contributed by atoms with Crippen molar-refractivity contribution in [2.45, 2.75) is 38.5 Å². The van der Waals surface area contributed by atoms with Gasteiger partial charge < -0.3 is 15.4 Å². The normalized spacial score (nSPS) is 16.9. The maximum Gasteiger partial charge on any atom is 0.243 e. The van der Waals surface area contributed by atoms with Gasteiger partial charge in [0.1, 0.15) is 5.75 Å². The molecule has 0 aliphatic carbocycles. The summed E-state index contributed by atoms with van der Waals surface area (Å²) < 4.78 is 33.3. The first-order valence-corrected chi connectivity index (χ1v) is 12.1. The van der Waals surface area contributed by atoms with Gasteiger partial charge in [-0.3, -0.25) is 9.59 Å². The van der Waals surface area contributed by atoms with Gasteiger partial charge in [-0.15, -0.1) is 0 Å². The molecule has 2 amide bonds. The van der Waals surface area contributed by atoms with E-state index in [9.17, 15) is 18.0 Å². The molecule has 32 heavy (non-hydrogen) atoms. The lowest BCUT2D eigenvalue weighted by atomic mass is 9.98. The van der Waals surface area contributed by atoms with Gasteiger partial charge in [0.15, 0.2) is 0 Å². The van der Waals surface area contributed by atoms with Crippen LogP contribution in [0.25, 0.3) is 0 Å². The molecule has 2 N–H and O–H groups in total. The Kier molecular flexibility index (Phi) is 7.52. The molecular formula is C23H29N3O5S. The molecule has 172 valence electrons. The molecule has 9 heteroatoms. The number of piperidine rings is 1. The molecule has 1 atom stereocenters. The van der Waals surface area contributed by atoms with Crippen molar-refractivity contribution in [1.29, 1.82) is 0 Å². The molecule has 0 spiro atoms. The quantitative estimate of drug-likeness (QED) is 0.660. The number of ether oxygens (including phenoxy) is 1. The minimum atomic E-state index is -3.73. The second-order valence-electron chi connectivity index (χ2n) is 7.81. The molecule has 1 heterocycles. The van der Waals surface area contributed by atoms with Crippen molar-refractivity contribution in [3.63, 3.8) is 0 Å². The molecule has 0 bridgehead atoms. The van der Waals surface area contributed by atoms with Crippen LogP contribution in [0, 0.1) is 12.8 Å². The van der Waals surface area contributed by atoms with Crippen molar-refractivity contribution >= 4 is 33.2 Å². The Balaban J connectivity index is 1.71. The molecule has 2 aromatic carbocycles. The van der Waals surface area contributed by atoms with Crippen LogP contribution in [0.1, 0.15) is 32.3 Å². The van der Waals surface area contributed by atoms with Gasteiger partial charge in [0, 0.05) is 31.4 Å². The fraction of sp³-hybridized carbons (Fsp3) is 0.391. The number of nitrogens with zero attached hydrogens (tertiary/aromatic N) is 1. The number of anilines is 2. The largest absolute Gasteiger partial charge is 0.494 e. The lowest BCUT2D eigenvalue weighted by Gasteiger charge is -2.31. The van der Waals surface area contributed by atoms with E-state index in [4.69, 9.17) is 4.74 Å². The fourth-order valence-corrected chi connectivity index (χ4v) is 5.36. The molecule has 1 fully saturated rings. The summed E-state index contributed by atoms with van der Waals surface area (Å²) in [6.07, 6.45) is 1.20. The molecule has 0 radical (unpaired) electrons. The highest BCUT2D eigenvalue weighted by Crippen LogP contribution is 2.28. The van der Waals surface area contributed by atoms with Crippen LogP contribution in [-0.4, -0.2) is 44.2 Å². The van der Waals surface area contributed by atoms with Gasteiger partial charge in [0.05, 0.1) is 17.4 Å². The van der Waals surface area contributed by atoms with E-state index in [1.165, 1.54) is 11.2 Å². The molecule has 0 saturated carbocycles. The number of aryl methyl sites for hydroxylation is 1. The molecule has 1 aliphatic rings. The number of hydrogen-bond donors (Lipinski definition) is 2. The number of sulfonamides is 1. The van der Waals surface area contributed by atoms with Gasteiger partial charge >= 0.3 is 0 Å². The van der Waals surface area contributed by atoms with Crippen LogP contribution in [0.3, 0.4) is 0 Å². The van der Waals surface area contributed by atoms with Crippen molar-refractivity contribution in [2.24, 2.45) is 5.92 Å². The van der Waals surface area contributed by atoms with Gasteiger partial charge in [-0.25, -0.2) is 8.42 Å². The number of carbonyl (C=O) groups is 2. The second-order valence-corrected chi connectivity index (χ2v) is 9.75. The zero-order valence-electron chi connectivity index (χ0n) is 18.6. The van der Waals surface area contributed by atoms with Crippen LogP contribution in [0.5, 0.6) is 5.75 Å². The van der Waals surface area contributed by atoms with Crippen LogP contribution >= 0.6 is 0 Å². The van der Waals surface area contributed by atoms with Crippen molar-refractivity contribution in [2.75, 3.05) is 30.3 Å². The van der Waals surface area contributed by atoms with Gasteiger partial charge in [-0.1, -0.05) is 6.07 Å². The van der Waals surface area contributed by atoms with Crippen LogP contribution in [0.4, 0.5) is 11.4 Å². The zero-order valence-corrected chi connectivity index (χ0v) is 19.4. The first-order valence-electron chi connectivity index (χ1n) is 10.6. The lowest BCUT2D eigenvalue weighted by Crippen LogP contribution is -2.43. The monoisotopic (exact) mass is 459 g/mol. The fourth-order valence-electron chi connectivity index (χ4n) is 3.75. The van der Waals surface area contributed by atoms with E-state index >= 15 is 0 Å². The Labute approximate surface area is 189 Å². The van der Waals surface area contributed by atoms with Gasteiger partial charge in [0.2, 0.25) is 21.8 Å². The molecule has 1 aliphatic heterocycles. The summed E-state index contributed by atoms with van der Waals surface area (Å²) in [4.78, 5) is 24.3. The smallest absolute Gasteiger partial charge is 0.243 e. The maximum absolute atomic E-state index is 13.2. The third kappa shape index (κ3) is 5.66. The van der Waals surface area contributed by atoms with Gasteiger partial charge in [-0.05, 0) is 68.7 Å². The predicted octanol–water partition coefficient (Wildman–Crippen LogP) is 3.39. The van der Waals surface area contributed by atoms with Crippen molar-refractivity contribution < 1.29 is 22.7 Å². The molecule has 1 saturated heterocycles. The summed E-state index contributed by atoms with van der Waals surface area (Å²) in [6, 6.07) is 11.7. The highest BCUT2D eigenvalue weighted by atomic mass is 32.2. The average molecular weight is 460 g/mol. The van der Waals surface area contributed by atoms with Crippen LogP contribution < -0.4 is 15.4 Å². The summed E-state index contributed by atoms with van der Waals surface area (Å²) in [5.41, 5.74) is 1.87. The van der Waals surface area contributed by atoms with E-state index in [1.807, 2.05) is 13.8 Å². The topological polar surface area (TPSA) is 105 Å².